The van der Waals surface area contributed by atoms with E-state index in [1.165, 1.54) is 0 Å². The number of hydrogen-bond acceptors (Lipinski definition) is 0. The molecule has 11 heavy (non-hydrogen) atoms. The Morgan fingerprint density at radius 1 is 0.455 bits per heavy atom. The summed E-state index contributed by atoms with van der Waals surface area (Å²) in [7, 11) is 0. The van der Waals surface area contributed by atoms with Crippen LogP contribution >= 0.6 is 0 Å². The minimum atomic E-state index is 0. The van der Waals surface area contributed by atoms with Crippen LogP contribution in [0, 0.1) is 0 Å². The van der Waals surface area contributed by atoms with Crippen molar-refractivity contribution >= 4 is 34.7 Å². The molecule has 0 aromatic carbocycles. The zero-order valence-corrected chi connectivity index (χ0v) is 13.0. The van der Waals surface area contributed by atoms with Gasteiger partial charge in [-0.2, -0.15) is 0 Å². The molecular weight excluding hydrogens is 449 g/mol. The fourth-order valence-corrected chi connectivity index (χ4v) is 0. The van der Waals surface area contributed by atoms with Gasteiger partial charge < -0.3 is 16.4 Å². The van der Waals surface area contributed by atoms with Gasteiger partial charge in [0, 0.05) is 101 Å². The van der Waals surface area contributed by atoms with Crippen molar-refractivity contribution in [2.75, 3.05) is 0 Å². The van der Waals surface area contributed by atoms with E-state index in [2.05, 4.69) is 0 Å². The monoisotopic (exact) mass is 448 g/mol. The van der Waals surface area contributed by atoms with Crippen LogP contribution in [0.2, 0.25) is 0 Å². The van der Waals surface area contributed by atoms with Crippen LogP contribution in [0.15, 0.2) is 0 Å². The molecule has 0 fully saturated rings. The normalized spacial score (nSPS) is 0. The first-order valence-electron chi connectivity index (χ1n) is 0. The van der Waals surface area contributed by atoms with Gasteiger partial charge in [0.05, 0.1) is 0 Å². The van der Waals surface area contributed by atoms with Crippen LogP contribution in [0.25, 0.3) is 0 Å². The van der Waals surface area contributed by atoms with Gasteiger partial charge in [-0.05, 0) is 0 Å². The Kier molecular flexibility index (Phi) is 2490. The van der Waals surface area contributed by atoms with Crippen LogP contribution in [-0.2, 0) is 117 Å². The largest absolute Gasteiger partial charge is 3.00 e. The quantitative estimate of drug-likeness (QED) is 0.420. The van der Waals surface area contributed by atoms with Crippen LogP contribution in [0.5, 0.6) is 0 Å². The summed E-state index contributed by atoms with van der Waals surface area (Å²) in [5.74, 6) is 0. The van der Waals surface area contributed by atoms with E-state index in [1.54, 1.807) is 0 Å². The van der Waals surface area contributed by atoms with Gasteiger partial charge in [-0.15, -0.1) is 0 Å². The first kappa shape index (κ1) is 185. The van der Waals surface area contributed by atoms with Crippen molar-refractivity contribution in [3.05, 3.63) is 0 Å². The van der Waals surface area contributed by atoms with E-state index in [-0.39, 0.29) is 152 Å². The smallest absolute Gasteiger partial charge is 2.00 e. The molecule has 0 heterocycles. The molecule has 0 aliphatic rings. The van der Waals surface area contributed by atoms with E-state index in [9.17, 15) is 0 Å². The molecule has 2 radical (unpaired) electrons. The minimum absolute atomic E-state index is 0. The molecule has 0 bridgehead atoms. The minimum Gasteiger partial charge on any atom is -2.00 e. The van der Waals surface area contributed by atoms with Crippen molar-refractivity contribution in [2.24, 2.45) is 0 Å². The zero-order chi connectivity index (χ0) is 0. The molecule has 0 aliphatic carbocycles. The Bertz CT molecular complexity index is 25.3. The molecule has 0 aromatic rings. The third-order valence-corrected chi connectivity index (χ3v) is 0. The van der Waals surface area contributed by atoms with E-state index in [1.807, 2.05) is 0 Å². The standard InChI is InChI=1S/2Al.2Co.2Fe.2Ni.3O/q2*+3;;;;;;;3*-2. The summed E-state index contributed by atoms with van der Waals surface area (Å²) in [6.07, 6.45) is 0. The topological polar surface area (TPSA) is 85.5 Å². The van der Waals surface area contributed by atoms with E-state index < -0.39 is 0 Å². The summed E-state index contributed by atoms with van der Waals surface area (Å²) in [4.78, 5) is 0. The van der Waals surface area contributed by atoms with Gasteiger partial charge in [-0.25, -0.2) is 0 Å². The second-order valence-electron chi connectivity index (χ2n) is 0. The first-order valence-corrected chi connectivity index (χ1v) is 0. The van der Waals surface area contributed by atoms with Gasteiger partial charge in [-0.1, -0.05) is 0 Å². The zero-order valence-electron chi connectivity index (χ0n) is 4.39. The van der Waals surface area contributed by atoms with E-state index in [0.717, 1.165) is 0 Å². The predicted molar refractivity (Wildman–Crippen MR) is 13.6 cm³/mol. The van der Waals surface area contributed by atoms with E-state index in [4.69, 9.17) is 0 Å². The molecule has 0 amide bonds. The molecule has 78 valence electrons. The summed E-state index contributed by atoms with van der Waals surface area (Å²) in [6, 6.07) is 0. The molecule has 11 heteroatoms. The molecule has 3 nitrogen and oxygen atoms in total. The maximum absolute atomic E-state index is 0. The Morgan fingerprint density at radius 2 is 0.455 bits per heavy atom. The van der Waals surface area contributed by atoms with Crippen molar-refractivity contribution in [3.63, 3.8) is 0 Å². The fourth-order valence-electron chi connectivity index (χ4n) is 0. The van der Waals surface area contributed by atoms with Crippen LogP contribution in [-0.4, -0.2) is 34.7 Å². The van der Waals surface area contributed by atoms with Gasteiger partial charge in [0.15, 0.2) is 0 Å². The Hall–Kier alpha value is 3.98. The molecule has 0 aliphatic heterocycles. The van der Waals surface area contributed by atoms with Crippen molar-refractivity contribution in [1.29, 1.82) is 0 Å². The third-order valence-electron chi connectivity index (χ3n) is 0. The molecule has 0 unspecified atom stereocenters. The molecule has 0 spiro atoms. The van der Waals surface area contributed by atoms with Gasteiger partial charge in [-0.3, -0.25) is 0 Å². The average Bonchev–Trinajstić information content (AvgIpc) is 0. The fraction of sp³-hybridized carbons (Fsp3) is 0. The third kappa shape index (κ3) is 127. The summed E-state index contributed by atoms with van der Waals surface area (Å²) >= 11 is 0. The van der Waals surface area contributed by atoms with E-state index >= 15 is 0 Å². The molecule has 0 saturated heterocycles. The van der Waals surface area contributed by atoms with Crippen molar-refractivity contribution < 1.29 is 117 Å². The Morgan fingerprint density at radius 3 is 0.455 bits per heavy atom. The summed E-state index contributed by atoms with van der Waals surface area (Å²) in [6.45, 7) is 0. The van der Waals surface area contributed by atoms with Crippen LogP contribution in [0.1, 0.15) is 0 Å². The maximum atomic E-state index is 0. The SMILES string of the molecule is [Al+3].[Al+3].[Co].[Co].[Fe].[Fe].[Ni].[Ni].[O-2].[O-2].[O-2]. The van der Waals surface area contributed by atoms with Crippen molar-refractivity contribution in [2.45, 2.75) is 0 Å². The van der Waals surface area contributed by atoms with Gasteiger partial charge in [0.25, 0.3) is 0 Å². The molecule has 0 atom stereocenters. The Labute approximate surface area is 149 Å². The Balaban J connectivity index is 0. The maximum Gasteiger partial charge on any atom is 3.00 e. The average molecular weight is 449 g/mol. The predicted octanol–water partition coefficient (Wildman–Crippen LogP) is -1.13. The molecule has 0 rings (SSSR count). The van der Waals surface area contributed by atoms with Crippen molar-refractivity contribution in [1.82, 2.24) is 0 Å². The van der Waals surface area contributed by atoms with Crippen molar-refractivity contribution in [3.8, 4) is 0 Å². The second-order valence-corrected chi connectivity index (χ2v) is 0. The van der Waals surface area contributed by atoms with Crippen LogP contribution in [0.4, 0.5) is 0 Å². The summed E-state index contributed by atoms with van der Waals surface area (Å²) in [5.41, 5.74) is 0. The van der Waals surface area contributed by atoms with Gasteiger partial charge >= 0.3 is 34.7 Å². The number of hydrogen-bond donors (Lipinski definition) is 0. The molecular formula is Al2Co2Fe2Ni2O3. The molecule has 0 N–H and O–H groups in total. The number of rotatable bonds is 0. The van der Waals surface area contributed by atoms with Gasteiger partial charge in [0.2, 0.25) is 0 Å². The first-order chi connectivity index (χ1) is 0. The van der Waals surface area contributed by atoms with Crippen LogP contribution in [0.3, 0.4) is 0 Å². The van der Waals surface area contributed by atoms with Gasteiger partial charge in [0.1, 0.15) is 0 Å². The molecule has 0 aromatic heterocycles. The molecule has 0 saturated carbocycles. The van der Waals surface area contributed by atoms with Crippen LogP contribution < -0.4 is 0 Å². The second kappa shape index (κ2) is 149. The summed E-state index contributed by atoms with van der Waals surface area (Å²) in [5, 5.41) is 0. The summed E-state index contributed by atoms with van der Waals surface area (Å²) < 4.78 is 0. The van der Waals surface area contributed by atoms with E-state index in [0.29, 0.717) is 0 Å².